The number of rotatable bonds is 3. The van der Waals surface area contributed by atoms with Crippen LogP contribution >= 0.6 is 0 Å². The molecule has 128 valence electrons. The van der Waals surface area contributed by atoms with Gasteiger partial charge in [0.1, 0.15) is 22.9 Å². The van der Waals surface area contributed by atoms with Gasteiger partial charge in [-0.2, -0.15) is 5.10 Å². The number of anilines is 2. The molecule has 25 heavy (non-hydrogen) atoms. The van der Waals surface area contributed by atoms with Gasteiger partial charge in [0.2, 0.25) is 0 Å². The number of carbonyl (C=O) groups excluding carboxylic acids is 1. The van der Waals surface area contributed by atoms with Gasteiger partial charge < -0.3 is 10.6 Å². The molecule has 0 unspecified atom stereocenters. The minimum absolute atomic E-state index is 0.188. The zero-order valence-electron chi connectivity index (χ0n) is 13.4. The van der Waals surface area contributed by atoms with Crippen molar-refractivity contribution in [1.29, 1.82) is 0 Å². The van der Waals surface area contributed by atoms with Crippen LogP contribution in [0.3, 0.4) is 0 Å². The molecule has 0 spiro atoms. The summed E-state index contributed by atoms with van der Waals surface area (Å²) in [5, 5.41) is 9.69. The topological polar surface area (TPSA) is 71.8 Å². The molecule has 2 N–H and O–H groups in total. The highest BCUT2D eigenvalue weighted by Crippen LogP contribution is 2.38. The molecule has 1 fully saturated rings. The largest absolute Gasteiger partial charge is 0.339 e. The number of aryl methyl sites for hydroxylation is 1. The number of fused-ring (bicyclic) bond motifs is 1. The van der Waals surface area contributed by atoms with E-state index >= 15 is 0 Å². The van der Waals surface area contributed by atoms with Crippen LogP contribution in [0.15, 0.2) is 41.7 Å². The number of nitrogens with one attached hydrogen (secondary N) is 2. The van der Waals surface area contributed by atoms with E-state index in [9.17, 15) is 13.6 Å². The minimum Gasteiger partial charge on any atom is -0.339 e. The molecule has 1 amide bonds. The van der Waals surface area contributed by atoms with Crippen LogP contribution in [0.4, 0.5) is 20.4 Å². The summed E-state index contributed by atoms with van der Waals surface area (Å²) in [5.74, 6) is 0.186. The van der Waals surface area contributed by atoms with E-state index in [2.05, 4.69) is 20.7 Å². The highest BCUT2D eigenvalue weighted by molar-refractivity contribution is 6.07. The number of halogens is 2. The number of pyridine rings is 1. The first-order valence-electron chi connectivity index (χ1n) is 7.85. The lowest BCUT2D eigenvalue weighted by Gasteiger charge is -2.20. The standard InChI is InChI=1S/C17H15F2N5O/c1-9-3-2-4-14(21-9)23-17(25)11-8-20-24-13(15(18)19)7-12(10-5-6-10)22-16(11)24/h2-4,7-8,15,22H,5-6H2,1H3,(H,21,23,25). The first-order chi connectivity index (χ1) is 12.0. The first kappa shape index (κ1) is 15.5. The lowest BCUT2D eigenvalue weighted by molar-refractivity contribution is 0.102. The van der Waals surface area contributed by atoms with E-state index < -0.39 is 12.3 Å². The Morgan fingerprint density at radius 1 is 1.36 bits per heavy atom. The highest BCUT2D eigenvalue weighted by Gasteiger charge is 2.30. The molecule has 3 heterocycles. The van der Waals surface area contributed by atoms with Gasteiger partial charge in [0.05, 0.1) is 6.20 Å². The maximum Gasteiger partial charge on any atom is 0.280 e. The second kappa shape index (κ2) is 5.80. The molecular formula is C17H15F2N5O. The van der Waals surface area contributed by atoms with Crippen LogP contribution in [0.25, 0.3) is 5.70 Å². The molecule has 2 aromatic rings. The smallest absolute Gasteiger partial charge is 0.280 e. The summed E-state index contributed by atoms with van der Waals surface area (Å²) < 4.78 is 27.8. The lowest BCUT2D eigenvalue weighted by Crippen LogP contribution is -2.20. The zero-order chi connectivity index (χ0) is 17.6. The predicted octanol–water partition coefficient (Wildman–Crippen LogP) is 3.42. The fourth-order valence-corrected chi connectivity index (χ4v) is 2.68. The Labute approximate surface area is 142 Å². The average molecular weight is 343 g/mol. The van der Waals surface area contributed by atoms with Gasteiger partial charge in [-0.05, 0) is 43.5 Å². The third-order valence-corrected chi connectivity index (χ3v) is 4.04. The Morgan fingerprint density at radius 2 is 2.16 bits per heavy atom. The summed E-state index contributed by atoms with van der Waals surface area (Å²) in [5.41, 5.74) is 2.41. The molecule has 8 heteroatoms. The summed E-state index contributed by atoms with van der Waals surface area (Å²) in [6.07, 6.45) is 1.74. The molecule has 1 aliphatic carbocycles. The molecule has 6 nitrogen and oxygen atoms in total. The van der Waals surface area contributed by atoms with Crippen molar-refractivity contribution in [1.82, 2.24) is 14.8 Å². The van der Waals surface area contributed by atoms with Gasteiger partial charge >= 0.3 is 0 Å². The number of hydrogen-bond donors (Lipinski definition) is 2. The van der Waals surface area contributed by atoms with Crippen molar-refractivity contribution in [2.75, 3.05) is 10.6 Å². The van der Waals surface area contributed by atoms with Gasteiger partial charge in [-0.3, -0.25) is 4.79 Å². The maximum absolute atomic E-state index is 13.4. The lowest BCUT2D eigenvalue weighted by atomic mass is 10.2. The number of amides is 1. The molecule has 2 aromatic heterocycles. The zero-order valence-corrected chi connectivity index (χ0v) is 13.4. The Balaban J connectivity index is 1.68. The number of allylic oxidation sites excluding steroid dienone is 3. The van der Waals surface area contributed by atoms with E-state index in [0.29, 0.717) is 11.5 Å². The van der Waals surface area contributed by atoms with E-state index in [1.165, 1.54) is 12.3 Å². The van der Waals surface area contributed by atoms with Crippen LogP contribution in [-0.2, 0) is 0 Å². The van der Waals surface area contributed by atoms with Crippen LogP contribution in [0.5, 0.6) is 0 Å². The van der Waals surface area contributed by atoms with E-state index in [4.69, 9.17) is 0 Å². The third kappa shape index (κ3) is 2.90. The van der Waals surface area contributed by atoms with E-state index in [-0.39, 0.29) is 17.1 Å². The number of carbonyl (C=O) groups is 1. The van der Waals surface area contributed by atoms with Crippen molar-refractivity contribution in [2.24, 2.45) is 0 Å². The molecule has 1 aliphatic heterocycles. The summed E-state index contributed by atoms with van der Waals surface area (Å²) in [7, 11) is 0. The van der Waals surface area contributed by atoms with Crippen LogP contribution in [0.2, 0.25) is 0 Å². The summed E-state index contributed by atoms with van der Waals surface area (Å²) in [6, 6.07) is 5.25. The molecule has 0 radical (unpaired) electrons. The first-order valence-corrected chi connectivity index (χ1v) is 7.85. The third-order valence-electron chi connectivity index (χ3n) is 4.04. The van der Waals surface area contributed by atoms with Crippen LogP contribution in [-0.4, -0.2) is 27.1 Å². The van der Waals surface area contributed by atoms with E-state index in [0.717, 1.165) is 28.8 Å². The molecule has 4 rings (SSSR count). The van der Waals surface area contributed by atoms with Crippen molar-refractivity contribution in [3.05, 3.63) is 53.0 Å². The van der Waals surface area contributed by atoms with Crippen LogP contribution < -0.4 is 10.6 Å². The van der Waals surface area contributed by atoms with Crippen LogP contribution in [0, 0.1) is 6.92 Å². The number of alkyl halides is 2. The molecular weight excluding hydrogens is 328 g/mol. The molecule has 1 saturated carbocycles. The van der Waals surface area contributed by atoms with Gasteiger partial charge in [-0.1, -0.05) is 6.07 Å². The SMILES string of the molecule is Cc1cccc(NC(=O)c2cnn3c2NC(=C2CC2)C=C3C(F)F)n1. The number of hydrogen-bond acceptors (Lipinski definition) is 4. The highest BCUT2D eigenvalue weighted by atomic mass is 19.3. The van der Waals surface area contributed by atoms with E-state index in [1.807, 2.05) is 13.0 Å². The quantitative estimate of drug-likeness (QED) is 0.896. The monoisotopic (exact) mass is 343 g/mol. The van der Waals surface area contributed by atoms with Gasteiger partial charge in [0.25, 0.3) is 12.3 Å². The Morgan fingerprint density at radius 3 is 2.84 bits per heavy atom. The molecule has 2 aliphatic rings. The van der Waals surface area contributed by atoms with Crippen LogP contribution in [0.1, 0.15) is 28.9 Å². The molecule has 0 saturated heterocycles. The second-order valence-corrected chi connectivity index (χ2v) is 5.95. The molecule has 0 bridgehead atoms. The normalized spacial score (nSPS) is 15.6. The fraction of sp³-hybridized carbons (Fsp3) is 0.235. The van der Waals surface area contributed by atoms with Crippen molar-refractivity contribution >= 4 is 23.2 Å². The van der Waals surface area contributed by atoms with Gasteiger partial charge in [-0.15, -0.1) is 0 Å². The summed E-state index contributed by atoms with van der Waals surface area (Å²) in [4.78, 5) is 16.8. The summed E-state index contributed by atoms with van der Waals surface area (Å²) >= 11 is 0. The van der Waals surface area contributed by atoms with Gasteiger partial charge in [0.15, 0.2) is 0 Å². The van der Waals surface area contributed by atoms with Crippen molar-refractivity contribution in [3.63, 3.8) is 0 Å². The van der Waals surface area contributed by atoms with Crippen molar-refractivity contribution in [3.8, 4) is 0 Å². The predicted molar refractivity (Wildman–Crippen MR) is 89.3 cm³/mol. The van der Waals surface area contributed by atoms with Gasteiger partial charge in [-0.25, -0.2) is 18.4 Å². The summed E-state index contributed by atoms with van der Waals surface area (Å²) in [6.45, 7) is 1.81. The average Bonchev–Trinajstić information content (AvgIpc) is 3.33. The second-order valence-electron chi connectivity index (χ2n) is 5.95. The fourth-order valence-electron chi connectivity index (χ4n) is 2.68. The van der Waals surface area contributed by atoms with Crippen molar-refractivity contribution in [2.45, 2.75) is 26.2 Å². The molecule has 0 aromatic carbocycles. The minimum atomic E-state index is -2.69. The molecule has 0 atom stereocenters. The number of aromatic nitrogens is 3. The van der Waals surface area contributed by atoms with Gasteiger partial charge in [0, 0.05) is 11.4 Å². The Hall–Kier alpha value is -3.03. The maximum atomic E-state index is 13.4. The number of nitrogens with zero attached hydrogens (tertiary/aromatic N) is 3. The van der Waals surface area contributed by atoms with Crippen molar-refractivity contribution < 1.29 is 13.6 Å². The Bertz CT molecular complexity index is 923. The van der Waals surface area contributed by atoms with E-state index in [1.54, 1.807) is 12.1 Å². The Kier molecular flexibility index (Phi) is 3.60.